The van der Waals surface area contributed by atoms with Gasteiger partial charge in [-0.15, -0.1) is 0 Å². The van der Waals surface area contributed by atoms with Crippen molar-refractivity contribution in [2.45, 2.75) is 0 Å². The first-order valence-corrected chi connectivity index (χ1v) is 13.5. The number of aromatic nitrogens is 2. The van der Waals surface area contributed by atoms with Gasteiger partial charge >= 0.3 is 0 Å². The maximum Gasteiger partial charge on any atom is 0.193 e. The number of carbonyl (C=O) groups is 1. The molecule has 0 aliphatic rings. The van der Waals surface area contributed by atoms with Crippen LogP contribution >= 0.6 is 0 Å². The summed E-state index contributed by atoms with van der Waals surface area (Å²) in [7, 11) is 0. The van der Waals surface area contributed by atoms with Crippen molar-refractivity contribution in [3.05, 3.63) is 145 Å². The highest BCUT2D eigenvalue weighted by atomic mass is 16.1. The predicted octanol–water partition coefficient (Wildman–Crippen LogP) is 9.52. The lowest BCUT2D eigenvalue weighted by atomic mass is 9.96. The van der Waals surface area contributed by atoms with Crippen LogP contribution in [-0.4, -0.2) is 15.8 Å². The average Bonchev–Trinajstić information content (AvgIpc) is 3.59. The minimum Gasteiger partial charge on any atom is -0.354 e. The molecule has 3 nitrogen and oxygen atoms in total. The van der Waals surface area contributed by atoms with E-state index < -0.39 is 0 Å². The summed E-state index contributed by atoms with van der Waals surface area (Å²) in [5.74, 6) is 0.0192. The van der Waals surface area contributed by atoms with Gasteiger partial charge < -0.3 is 9.97 Å². The Hall–Kier alpha value is -5.41. The highest BCUT2D eigenvalue weighted by Crippen LogP contribution is 2.35. The van der Waals surface area contributed by atoms with Crippen LogP contribution < -0.4 is 0 Å². The lowest BCUT2D eigenvalue weighted by Gasteiger charge is -2.08. The molecule has 40 heavy (non-hydrogen) atoms. The summed E-state index contributed by atoms with van der Waals surface area (Å²) in [6, 6.07) is 45.3. The molecule has 0 amide bonds. The van der Waals surface area contributed by atoms with Crippen LogP contribution in [0.4, 0.5) is 0 Å². The maximum atomic E-state index is 13.4. The van der Waals surface area contributed by atoms with Gasteiger partial charge in [0.25, 0.3) is 0 Å². The molecule has 0 bridgehead atoms. The molecule has 3 heteroatoms. The molecule has 6 aromatic carbocycles. The summed E-state index contributed by atoms with van der Waals surface area (Å²) in [5.41, 5.74) is 10.3. The van der Waals surface area contributed by atoms with E-state index >= 15 is 0 Å². The van der Waals surface area contributed by atoms with Crippen LogP contribution in [0.5, 0.6) is 0 Å². The molecule has 0 spiro atoms. The zero-order valence-electron chi connectivity index (χ0n) is 21.6. The van der Waals surface area contributed by atoms with Crippen molar-refractivity contribution in [1.29, 1.82) is 0 Å². The minimum atomic E-state index is 0.0192. The Balaban J connectivity index is 1.10. The molecular weight excluding hydrogens is 488 g/mol. The normalized spacial score (nSPS) is 11.6. The topological polar surface area (TPSA) is 48.6 Å². The van der Waals surface area contributed by atoms with Gasteiger partial charge in [-0.05, 0) is 23.3 Å². The zero-order valence-corrected chi connectivity index (χ0v) is 21.6. The monoisotopic (exact) mass is 512 g/mol. The van der Waals surface area contributed by atoms with Gasteiger partial charge in [0.15, 0.2) is 5.78 Å². The summed E-state index contributed by atoms with van der Waals surface area (Å²) in [6.07, 6.45) is 0. The van der Waals surface area contributed by atoms with Crippen molar-refractivity contribution in [2.24, 2.45) is 0 Å². The first-order chi connectivity index (χ1) is 19.7. The van der Waals surface area contributed by atoms with E-state index in [1.165, 1.54) is 21.5 Å². The van der Waals surface area contributed by atoms with Gasteiger partial charge in [0.1, 0.15) is 0 Å². The van der Waals surface area contributed by atoms with E-state index in [0.29, 0.717) is 11.1 Å². The highest BCUT2D eigenvalue weighted by molar-refractivity contribution is 6.14. The molecule has 0 fully saturated rings. The fourth-order valence-electron chi connectivity index (χ4n) is 6.00. The molecule has 2 aromatic heterocycles. The van der Waals surface area contributed by atoms with Gasteiger partial charge in [-0.25, -0.2) is 0 Å². The van der Waals surface area contributed by atoms with Crippen LogP contribution in [0.25, 0.3) is 65.9 Å². The van der Waals surface area contributed by atoms with E-state index in [0.717, 1.165) is 44.3 Å². The van der Waals surface area contributed by atoms with Crippen LogP contribution in [0.1, 0.15) is 15.9 Å². The highest BCUT2D eigenvalue weighted by Gasteiger charge is 2.14. The van der Waals surface area contributed by atoms with Gasteiger partial charge in [0.05, 0.1) is 11.0 Å². The standard InChI is InChI=1S/C37H24N2O/c40-37(25-19-15-23(16-20-25)27-9-5-11-31-29-7-1-3-13-33(29)38-35(27)31)26-21-17-24(18-22-26)28-10-6-12-32-30-8-2-4-14-34(30)39-36(28)32/h1-22,38-39H. The summed E-state index contributed by atoms with van der Waals surface area (Å²) in [6.45, 7) is 0. The SMILES string of the molecule is O=C(c1ccc(-c2cccc3c2[nH]c2ccccc23)cc1)c1ccc(-c2cccc3c2[nH]c2ccccc23)cc1. The van der Waals surface area contributed by atoms with Crippen LogP contribution in [-0.2, 0) is 0 Å². The van der Waals surface area contributed by atoms with Gasteiger partial charge in [0.2, 0.25) is 0 Å². The largest absolute Gasteiger partial charge is 0.354 e. The van der Waals surface area contributed by atoms with Crippen molar-refractivity contribution >= 4 is 49.4 Å². The summed E-state index contributed by atoms with van der Waals surface area (Å²) in [4.78, 5) is 20.5. The molecule has 0 saturated heterocycles. The quantitative estimate of drug-likeness (QED) is 0.227. The number of ketones is 1. The number of fused-ring (bicyclic) bond motifs is 6. The average molecular weight is 513 g/mol. The molecule has 0 aliphatic heterocycles. The maximum absolute atomic E-state index is 13.4. The first-order valence-electron chi connectivity index (χ1n) is 13.5. The first kappa shape index (κ1) is 22.6. The van der Waals surface area contributed by atoms with Crippen LogP contribution in [0.2, 0.25) is 0 Å². The molecule has 188 valence electrons. The second-order valence-corrected chi connectivity index (χ2v) is 10.3. The number of rotatable bonds is 4. The molecule has 8 aromatic rings. The number of para-hydroxylation sites is 4. The Morgan fingerprint density at radius 3 is 1.25 bits per heavy atom. The van der Waals surface area contributed by atoms with Crippen LogP contribution in [0.3, 0.4) is 0 Å². The van der Waals surface area contributed by atoms with Crippen molar-refractivity contribution in [3.63, 3.8) is 0 Å². The lowest BCUT2D eigenvalue weighted by molar-refractivity contribution is 0.103. The van der Waals surface area contributed by atoms with Gasteiger partial charge in [0, 0.05) is 54.8 Å². The predicted molar refractivity (Wildman–Crippen MR) is 166 cm³/mol. The number of aromatic amines is 2. The van der Waals surface area contributed by atoms with E-state index in [-0.39, 0.29) is 5.78 Å². The number of hydrogen-bond donors (Lipinski definition) is 2. The van der Waals surface area contributed by atoms with E-state index in [1.54, 1.807) is 0 Å². The molecule has 0 aliphatic carbocycles. The lowest BCUT2D eigenvalue weighted by Crippen LogP contribution is -2.01. The Morgan fingerprint density at radius 2 is 0.800 bits per heavy atom. The van der Waals surface area contributed by atoms with Crippen LogP contribution in [0.15, 0.2) is 133 Å². The number of benzene rings is 6. The van der Waals surface area contributed by atoms with Gasteiger partial charge in [-0.3, -0.25) is 4.79 Å². The van der Waals surface area contributed by atoms with Crippen molar-refractivity contribution in [2.75, 3.05) is 0 Å². The second kappa shape index (κ2) is 8.82. The number of nitrogens with one attached hydrogen (secondary N) is 2. The zero-order chi connectivity index (χ0) is 26.6. The molecule has 2 heterocycles. The fraction of sp³-hybridized carbons (Fsp3) is 0. The fourth-order valence-corrected chi connectivity index (χ4v) is 6.00. The summed E-state index contributed by atoms with van der Waals surface area (Å²) in [5, 5.41) is 4.85. The number of hydrogen-bond acceptors (Lipinski definition) is 1. The van der Waals surface area contributed by atoms with Gasteiger partial charge in [-0.2, -0.15) is 0 Å². The number of carbonyl (C=O) groups excluding carboxylic acids is 1. The van der Waals surface area contributed by atoms with E-state index in [1.807, 2.05) is 60.7 Å². The second-order valence-electron chi connectivity index (χ2n) is 10.3. The molecule has 0 unspecified atom stereocenters. The Bertz CT molecular complexity index is 2050. The van der Waals surface area contributed by atoms with E-state index in [9.17, 15) is 4.79 Å². The molecular formula is C37H24N2O. The van der Waals surface area contributed by atoms with E-state index in [4.69, 9.17) is 0 Å². The molecule has 2 N–H and O–H groups in total. The van der Waals surface area contributed by atoms with Crippen molar-refractivity contribution < 1.29 is 4.79 Å². The third-order valence-corrected chi connectivity index (χ3v) is 8.00. The molecule has 0 atom stereocenters. The Morgan fingerprint density at radius 1 is 0.400 bits per heavy atom. The van der Waals surface area contributed by atoms with Crippen molar-refractivity contribution in [1.82, 2.24) is 9.97 Å². The van der Waals surface area contributed by atoms with E-state index in [2.05, 4.69) is 82.8 Å². The molecule has 0 saturated carbocycles. The van der Waals surface area contributed by atoms with Gasteiger partial charge in [-0.1, -0.05) is 121 Å². The smallest absolute Gasteiger partial charge is 0.193 e. The molecule has 0 radical (unpaired) electrons. The molecule has 8 rings (SSSR count). The van der Waals surface area contributed by atoms with Crippen LogP contribution in [0, 0.1) is 0 Å². The Labute approximate surface area is 230 Å². The third kappa shape index (κ3) is 3.49. The van der Waals surface area contributed by atoms with Crippen molar-refractivity contribution in [3.8, 4) is 22.3 Å². The number of H-pyrrole nitrogens is 2. The summed E-state index contributed by atoms with van der Waals surface area (Å²) < 4.78 is 0. The Kier molecular flexibility index (Phi) is 4.98. The summed E-state index contributed by atoms with van der Waals surface area (Å²) >= 11 is 0. The minimum absolute atomic E-state index is 0.0192. The third-order valence-electron chi connectivity index (χ3n) is 8.00.